The number of nitrogens with one attached hydrogen (secondary N) is 1. The van der Waals surface area contributed by atoms with Gasteiger partial charge in [-0.15, -0.1) is 0 Å². The zero-order chi connectivity index (χ0) is 19.2. The Morgan fingerprint density at radius 3 is 2.26 bits per heavy atom. The molecule has 27 heavy (non-hydrogen) atoms. The molecule has 2 aromatic rings. The van der Waals surface area contributed by atoms with Crippen LogP contribution < -0.4 is 14.8 Å². The monoisotopic (exact) mass is 368 g/mol. The molecule has 1 saturated heterocycles. The smallest absolute Gasteiger partial charge is 0.259 e. The molecule has 1 N–H and O–H groups in total. The Morgan fingerprint density at radius 2 is 1.63 bits per heavy atom. The van der Waals surface area contributed by atoms with Gasteiger partial charge in [0.1, 0.15) is 0 Å². The molecule has 0 spiro atoms. The average molecular weight is 368 g/mol. The van der Waals surface area contributed by atoms with Gasteiger partial charge in [0, 0.05) is 24.3 Å². The lowest BCUT2D eigenvalue weighted by Crippen LogP contribution is -2.35. The summed E-state index contributed by atoms with van der Waals surface area (Å²) < 4.78 is 10.5. The second-order valence-electron chi connectivity index (χ2n) is 6.43. The molecule has 1 fully saturated rings. The summed E-state index contributed by atoms with van der Waals surface area (Å²) in [6.45, 7) is 1.62. The van der Waals surface area contributed by atoms with E-state index in [0.29, 0.717) is 28.3 Å². The number of methoxy groups -OCH3 is 2. The molecule has 0 bridgehead atoms. The molecule has 3 rings (SSSR count). The first-order valence-corrected chi connectivity index (χ1v) is 9.05. The van der Waals surface area contributed by atoms with E-state index in [-0.39, 0.29) is 11.8 Å². The number of hydrogen-bond acceptors (Lipinski definition) is 4. The predicted octanol–water partition coefficient (Wildman–Crippen LogP) is 3.58. The number of nitrogens with zero attached hydrogens (tertiary/aromatic N) is 1. The van der Waals surface area contributed by atoms with Gasteiger partial charge in [0.05, 0.1) is 19.8 Å². The number of para-hydroxylation sites is 1. The quantitative estimate of drug-likeness (QED) is 0.876. The second kappa shape index (κ2) is 8.58. The topological polar surface area (TPSA) is 67.9 Å². The fourth-order valence-electron chi connectivity index (χ4n) is 3.24. The van der Waals surface area contributed by atoms with Crippen molar-refractivity contribution in [2.45, 2.75) is 19.3 Å². The standard InChI is InChI=1S/C21H24N2O4/c1-26-18-8-6-7-17(19(18)27-2)20(24)22-16-11-9-15(10-12-16)21(25)23-13-4-3-5-14-23/h6-12H,3-5,13-14H2,1-2H3,(H,22,24). The highest BCUT2D eigenvalue weighted by atomic mass is 16.5. The van der Waals surface area contributed by atoms with Crippen molar-refractivity contribution in [3.63, 3.8) is 0 Å². The van der Waals surface area contributed by atoms with Gasteiger partial charge in [-0.2, -0.15) is 0 Å². The largest absolute Gasteiger partial charge is 0.493 e. The molecule has 0 saturated carbocycles. The van der Waals surface area contributed by atoms with Crippen molar-refractivity contribution in [2.75, 3.05) is 32.6 Å². The van der Waals surface area contributed by atoms with Crippen molar-refractivity contribution in [3.8, 4) is 11.5 Å². The van der Waals surface area contributed by atoms with Crippen LogP contribution in [0.3, 0.4) is 0 Å². The first-order valence-electron chi connectivity index (χ1n) is 9.05. The molecule has 6 heteroatoms. The first kappa shape index (κ1) is 18.8. The summed E-state index contributed by atoms with van der Waals surface area (Å²) >= 11 is 0. The molecule has 1 heterocycles. The minimum atomic E-state index is -0.305. The van der Waals surface area contributed by atoms with E-state index >= 15 is 0 Å². The van der Waals surface area contributed by atoms with Crippen LogP contribution in [0.15, 0.2) is 42.5 Å². The molecular weight excluding hydrogens is 344 g/mol. The van der Waals surface area contributed by atoms with Crippen molar-refractivity contribution in [1.82, 2.24) is 4.90 Å². The van der Waals surface area contributed by atoms with Gasteiger partial charge >= 0.3 is 0 Å². The third kappa shape index (κ3) is 4.22. The van der Waals surface area contributed by atoms with Crippen LogP contribution in [-0.4, -0.2) is 44.0 Å². The maximum Gasteiger partial charge on any atom is 0.259 e. The van der Waals surface area contributed by atoms with E-state index in [9.17, 15) is 9.59 Å². The Hall–Kier alpha value is -3.02. The Labute approximate surface area is 159 Å². The molecular formula is C21H24N2O4. The lowest BCUT2D eigenvalue weighted by molar-refractivity contribution is 0.0724. The second-order valence-corrected chi connectivity index (χ2v) is 6.43. The van der Waals surface area contributed by atoms with E-state index in [1.54, 1.807) is 42.5 Å². The summed E-state index contributed by atoms with van der Waals surface area (Å²) in [5, 5.41) is 2.83. The Bertz CT molecular complexity index is 811. The van der Waals surface area contributed by atoms with Gasteiger partial charge in [0.2, 0.25) is 0 Å². The van der Waals surface area contributed by atoms with E-state index in [1.165, 1.54) is 20.6 Å². The van der Waals surface area contributed by atoms with E-state index < -0.39 is 0 Å². The van der Waals surface area contributed by atoms with Crippen molar-refractivity contribution < 1.29 is 19.1 Å². The minimum Gasteiger partial charge on any atom is -0.493 e. The molecule has 1 aliphatic rings. The van der Waals surface area contributed by atoms with Crippen LogP contribution in [0.25, 0.3) is 0 Å². The summed E-state index contributed by atoms with van der Waals surface area (Å²) in [6.07, 6.45) is 3.30. The highest BCUT2D eigenvalue weighted by molar-refractivity contribution is 6.07. The molecule has 2 aromatic carbocycles. The molecule has 2 amide bonds. The Morgan fingerprint density at radius 1 is 0.926 bits per heavy atom. The molecule has 0 atom stereocenters. The van der Waals surface area contributed by atoms with Crippen molar-refractivity contribution in [2.24, 2.45) is 0 Å². The van der Waals surface area contributed by atoms with Gasteiger partial charge < -0.3 is 19.7 Å². The van der Waals surface area contributed by atoms with Crippen molar-refractivity contribution >= 4 is 17.5 Å². The number of hydrogen-bond donors (Lipinski definition) is 1. The number of carbonyl (C=O) groups excluding carboxylic acids is 2. The van der Waals surface area contributed by atoms with E-state index in [1.807, 2.05) is 4.90 Å². The Kier molecular flexibility index (Phi) is 5.96. The van der Waals surface area contributed by atoms with Crippen LogP contribution in [0.5, 0.6) is 11.5 Å². The number of anilines is 1. The lowest BCUT2D eigenvalue weighted by Gasteiger charge is -2.26. The van der Waals surface area contributed by atoms with E-state index in [4.69, 9.17) is 9.47 Å². The first-order chi connectivity index (χ1) is 13.1. The highest BCUT2D eigenvalue weighted by Gasteiger charge is 2.19. The van der Waals surface area contributed by atoms with Gasteiger partial charge in [0.25, 0.3) is 11.8 Å². The Balaban J connectivity index is 1.71. The number of benzene rings is 2. The number of rotatable bonds is 5. The van der Waals surface area contributed by atoms with Crippen molar-refractivity contribution in [3.05, 3.63) is 53.6 Å². The van der Waals surface area contributed by atoms with Gasteiger partial charge in [-0.3, -0.25) is 9.59 Å². The molecule has 6 nitrogen and oxygen atoms in total. The maximum atomic E-state index is 12.6. The third-order valence-electron chi connectivity index (χ3n) is 4.68. The zero-order valence-electron chi connectivity index (χ0n) is 15.7. The zero-order valence-corrected chi connectivity index (χ0v) is 15.7. The van der Waals surface area contributed by atoms with E-state index in [0.717, 1.165) is 25.9 Å². The van der Waals surface area contributed by atoms with Gasteiger partial charge in [-0.05, 0) is 55.7 Å². The maximum absolute atomic E-state index is 12.6. The van der Waals surface area contributed by atoms with Crippen LogP contribution in [-0.2, 0) is 0 Å². The molecule has 1 aliphatic heterocycles. The normalized spacial score (nSPS) is 13.8. The fraction of sp³-hybridized carbons (Fsp3) is 0.333. The fourth-order valence-corrected chi connectivity index (χ4v) is 3.24. The summed E-state index contributed by atoms with van der Waals surface area (Å²) in [6, 6.07) is 12.1. The number of carbonyl (C=O) groups is 2. The van der Waals surface area contributed by atoms with Gasteiger partial charge in [0.15, 0.2) is 11.5 Å². The summed E-state index contributed by atoms with van der Waals surface area (Å²) in [4.78, 5) is 27.0. The van der Waals surface area contributed by atoms with Crippen LogP contribution in [0.4, 0.5) is 5.69 Å². The number of ether oxygens (including phenoxy) is 2. The van der Waals surface area contributed by atoms with Crippen LogP contribution in [0.2, 0.25) is 0 Å². The molecule has 0 aromatic heterocycles. The summed E-state index contributed by atoms with van der Waals surface area (Å²) in [7, 11) is 3.02. The summed E-state index contributed by atoms with van der Waals surface area (Å²) in [5.74, 6) is 0.616. The predicted molar refractivity (Wildman–Crippen MR) is 104 cm³/mol. The van der Waals surface area contributed by atoms with Crippen LogP contribution >= 0.6 is 0 Å². The van der Waals surface area contributed by atoms with Gasteiger partial charge in [-0.1, -0.05) is 6.07 Å². The third-order valence-corrected chi connectivity index (χ3v) is 4.68. The summed E-state index contributed by atoms with van der Waals surface area (Å²) in [5.41, 5.74) is 1.62. The molecule has 142 valence electrons. The van der Waals surface area contributed by atoms with Crippen LogP contribution in [0, 0.1) is 0 Å². The average Bonchev–Trinajstić information content (AvgIpc) is 2.73. The molecule has 0 aliphatic carbocycles. The number of likely N-dealkylation sites (tertiary alicyclic amines) is 1. The SMILES string of the molecule is COc1cccc(C(=O)Nc2ccc(C(=O)N3CCCCC3)cc2)c1OC. The van der Waals surface area contributed by atoms with E-state index in [2.05, 4.69) is 5.32 Å². The number of piperidine rings is 1. The molecule has 0 unspecified atom stereocenters. The lowest BCUT2D eigenvalue weighted by atomic mass is 10.1. The van der Waals surface area contributed by atoms with Crippen LogP contribution in [0.1, 0.15) is 40.0 Å². The number of amides is 2. The highest BCUT2D eigenvalue weighted by Crippen LogP contribution is 2.31. The van der Waals surface area contributed by atoms with Gasteiger partial charge in [-0.25, -0.2) is 0 Å². The van der Waals surface area contributed by atoms with Crippen molar-refractivity contribution in [1.29, 1.82) is 0 Å². The minimum absolute atomic E-state index is 0.0436. The molecule has 0 radical (unpaired) electrons.